The van der Waals surface area contributed by atoms with Crippen molar-refractivity contribution in [2.75, 3.05) is 6.54 Å². The largest absolute Gasteiger partial charge is 0.295 e. The van der Waals surface area contributed by atoms with Crippen LogP contribution in [-0.2, 0) is 4.84 Å². The van der Waals surface area contributed by atoms with Gasteiger partial charge in [-0.2, -0.15) is 5.06 Å². The van der Waals surface area contributed by atoms with Crippen molar-refractivity contribution in [2.45, 2.75) is 59.6 Å². The Morgan fingerprint density at radius 1 is 1.38 bits per heavy atom. The van der Waals surface area contributed by atoms with E-state index in [4.69, 9.17) is 4.84 Å². The first-order chi connectivity index (χ1) is 5.91. The molecule has 1 fully saturated rings. The van der Waals surface area contributed by atoms with Crippen molar-refractivity contribution in [3.05, 3.63) is 0 Å². The molecule has 2 unspecified atom stereocenters. The molecular weight excluding hydrogens is 162 g/mol. The van der Waals surface area contributed by atoms with Crippen molar-refractivity contribution in [2.24, 2.45) is 5.41 Å². The van der Waals surface area contributed by atoms with Crippen LogP contribution in [0.25, 0.3) is 0 Å². The lowest BCUT2D eigenvalue weighted by molar-refractivity contribution is -0.222. The highest BCUT2D eigenvalue weighted by Crippen LogP contribution is 2.26. The molecular formula is C11H23NO. The zero-order valence-corrected chi connectivity index (χ0v) is 9.63. The standard InChI is InChI=1S/C11H23NO/c1-9-7-6-8-12(9)13-10(2)11(3,4)5/h9-10H,6-8H2,1-5H3. The number of hydrogen-bond acceptors (Lipinski definition) is 2. The molecule has 0 radical (unpaired) electrons. The van der Waals surface area contributed by atoms with E-state index < -0.39 is 0 Å². The van der Waals surface area contributed by atoms with Crippen molar-refractivity contribution >= 4 is 0 Å². The van der Waals surface area contributed by atoms with Gasteiger partial charge in [0.05, 0.1) is 6.10 Å². The Morgan fingerprint density at radius 2 is 2.00 bits per heavy atom. The predicted molar refractivity (Wildman–Crippen MR) is 55.4 cm³/mol. The fraction of sp³-hybridized carbons (Fsp3) is 1.00. The van der Waals surface area contributed by atoms with Gasteiger partial charge < -0.3 is 0 Å². The van der Waals surface area contributed by atoms with E-state index in [1.54, 1.807) is 0 Å². The van der Waals surface area contributed by atoms with Crippen LogP contribution in [0.4, 0.5) is 0 Å². The van der Waals surface area contributed by atoms with E-state index in [2.05, 4.69) is 39.7 Å². The Bertz CT molecular complexity index is 162. The monoisotopic (exact) mass is 185 g/mol. The molecule has 0 N–H and O–H groups in total. The van der Waals surface area contributed by atoms with Crippen LogP contribution in [0.2, 0.25) is 0 Å². The molecule has 2 atom stereocenters. The molecule has 78 valence electrons. The maximum Gasteiger partial charge on any atom is 0.0813 e. The van der Waals surface area contributed by atoms with Crippen LogP contribution >= 0.6 is 0 Å². The Balaban J connectivity index is 2.40. The van der Waals surface area contributed by atoms with Crippen LogP contribution in [0.5, 0.6) is 0 Å². The quantitative estimate of drug-likeness (QED) is 0.656. The first-order valence-corrected chi connectivity index (χ1v) is 5.34. The van der Waals surface area contributed by atoms with E-state index in [-0.39, 0.29) is 5.41 Å². The van der Waals surface area contributed by atoms with Gasteiger partial charge in [0, 0.05) is 12.6 Å². The van der Waals surface area contributed by atoms with Gasteiger partial charge in [0.15, 0.2) is 0 Å². The minimum Gasteiger partial charge on any atom is -0.295 e. The number of hydrogen-bond donors (Lipinski definition) is 0. The Kier molecular flexibility index (Phi) is 3.36. The molecule has 0 aromatic rings. The molecule has 0 aromatic heterocycles. The second-order valence-electron chi connectivity index (χ2n) is 5.25. The SMILES string of the molecule is CC1CCCN1OC(C)C(C)(C)C. The molecule has 0 bridgehead atoms. The number of hydroxylamine groups is 2. The summed E-state index contributed by atoms with van der Waals surface area (Å²) in [5, 5.41) is 2.15. The van der Waals surface area contributed by atoms with Crippen LogP contribution in [0.15, 0.2) is 0 Å². The fourth-order valence-corrected chi connectivity index (χ4v) is 1.42. The predicted octanol–water partition coefficient (Wildman–Crippen LogP) is 2.84. The van der Waals surface area contributed by atoms with Gasteiger partial charge in [0.1, 0.15) is 0 Å². The Hall–Kier alpha value is -0.0800. The average Bonchev–Trinajstić information content (AvgIpc) is 2.34. The Morgan fingerprint density at radius 3 is 2.38 bits per heavy atom. The van der Waals surface area contributed by atoms with Crippen LogP contribution in [0.1, 0.15) is 47.5 Å². The summed E-state index contributed by atoms with van der Waals surface area (Å²) in [4.78, 5) is 5.92. The lowest BCUT2D eigenvalue weighted by Crippen LogP contribution is -2.37. The molecule has 2 nitrogen and oxygen atoms in total. The van der Waals surface area contributed by atoms with Crippen molar-refractivity contribution < 1.29 is 4.84 Å². The van der Waals surface area contributed by atoms with E-state index in [9.17, 15) is 0 Å². The molecule has 1 saturated heterocycles. The molecule has 0 spiro atoms. The third-order valence-corrected chi connectivity index (χ3v) is 3.01. The first-order valence-electron chi connectivity index (χ1n) is 5.34. The second kappa shape index (κ2) is 3.97. The van der Waals surface area contributed by atoms with Gasteiger partial charge in [-0.05, 0) is 32.1 Å². The fourth-order valence-electron chi connectivity index (χ4n) is 1.42. The van der Waals surface area contributed by atoms with Gasteiger partial charge in [0.2, 0.25) is 0 Å². The zero-order valence-electron chi connectivity index (χ0n) is 9.63. The maximum absolute atomic E-state index is 5.92. The number of nitrogens with zero attached hydrogens (tertiary/aromatic N) is 1. The van der Waals surface area contributed by atoms with Gasteiger partial charge in [-0.15, -0.1) is 0 Å². The molecule has 0 aliphatic carbocycles. The van der Waals surface area contributed by atoms with Gasteiger partial charge in [-0.1, -0.05) is 20.8 Å². The summed E-state index contributed by atoms with van der Waals surface area (Å²) in [5.41, 5.74) is 0.238. The molecule has 13 heavy (non-hydrogen) atoms. The van der Waals surface area contributed by atoms with E-state index in [1.165, 1.54) is 12.8 Å². The second-order valence-corrected chi connectivity index (χ2v) is 5.25. The summed E-state index contributed by atoms with van der Waals surface area (Å²) in [6, 6.07) is 0.602. The van der Waals surface area contributed by atoms with Crippen molar-refractivity contribution in [1.82, 2.24) is 5.06 Å². The highest BCUT2D eigenvalue weighted by Gasteiger charge is 2.28. The van der Waals surface area contributed by atoms with Crippen LogP contribution in [0.3, 0.4) is 0 Å². The summed E-state index contributed by atoms with van der Waals surface area (Å²) < 4.78 is 0. The number of rotatable bonds is 2. The lowest BCUT2D eigenvalue weighted by atomic mass is 9.90. The molecule has 2 heteroatoms. The first kappa shape index (κ1) is 11.0. The van der Waals surface area contributed by atoms with E-state index in [0.717, 1.165) is 6.54 Å². The normalized spacial score (nSPS) is 27.9. The van der Waals surface area contributed by atoms with Crippen LogP contribution in [-0.4, -0.2) is 23.8 Å². The van der Waals surface area contributed by atoms with Gasteiger partial charge in [0.25, 0.3) is 0 Å². The van der Waals surface area contributed by atoms with Crippen molar-refractivity contribution in [3.63, 3.8) is 0 Å². The van der Waals surface area contributed by atoms with E-state index in [1.807, 2.05) is 0 Å². The summed E-state index contributed by atoms with van der Waals surface area (Å²) in [6.45, 7) is 12.2. The molecule has 1 aliphatic rings. The summed E-state index contributed by atoms with van der Waals surface area (Å²) >= 11 is 0. The summed E-state index contributed by atoms with van der Waals surface area (Å²) in [7, 11) is 0. The highest BCUT2D eigenvalue weighted by molar-refractivity contribution is 4.73. The van der Waals surface area contributed by atoms with E-state index >= 15 is 0 Å². The molecule has 1 aliphatic heterocycles. The molecule has 1 rings (SSSR count). The molecule has 0 aromatic carbocycles. The smallest absolute Gasteiger partial charge is 0.0813 e. The summed E-state index contributed by atoms with van der Waals surface area (Å²) in [5.74, 6) is 0. The van der Waals surface area contributed by atoms with E-state index in [0.29, 0.717) is 12.1 Å². The van der Waals surface area contributed by atoms with Crippen molar-refractivity contribution in [3.8, 4) is 0 Å². The van der Waals surface area contributed by atoms with Gasteiger partial charge >= 0.3 is 0 Å². The molecule has 1 heterocycles. The summed E-state index contributed by atoms with van der Waals surface area (Å²) in [6.07, 6.45) is 2.85. The third-order valence-electron chi connectivity index (χ3n) is 3.01. The van der Waals surface area contributed by atoms with Crippen LogP contribution in [0, 0.1) is 5.41 Å². The third kappa shape index (κ3) is 2.96. The van der Waals surface area contributed by atoms with Gasteiger partial charge in [-0.25, -0.2) is 0 Å². The highest BCUT2D eigenvalue weighted by atomic mass is 16.7. The molecule has 0 saturated carbocycles. The minimum absolute atomic E-state index is 0.238. The van der Waals surface area contributed by atoms with Gasteiger partial charge in [-0.3, -0.25) is 4.84 Å². The lowest BCUT2D eigenvalue weighted by Gasteiger charge is -2.32. The maximum atomic E-state index is 5.92. The molecule has 0 amide bonds. The van der Waals surface area contributed by atoms with Crippen LogP contribution < -0.4 is 0 Å². The minimum atomic E-state index is 0.238. The Labute approximate surface area is 82.2 Å². The zero-order chi connectivity index (χ0) is 10.1. The topological polar surface area (TPSA) is 12.5 Å². The average molecular weight is 185 g/mol. The van der Waals surface area contributed by atoms with Crippen molar-refractivity contribution in [1.29, 1.82) is 0 Å².